The van der Waals surface area contributed by atoms with Crippen LogP contribution in [0.1, 0.15) is 31.2 Å². The number of nitrogens with one attached hydrogen (secondary N) is 2. The van der Waals surface area contributed by atoms with E-state index in [0.717, 1.165) is 47.8 Å². The topological polar surface area (TPSA) is 79.9 Å². The highest BCUT2D eigenvalue weighted by Crippen LogP contribution is 2.41. The van der Waals surface area contributed by atoms with Crippen molar-refractivity contribution in [1.29, 1.82) is 0 Å². The molecule has 1 aromatic carbocycles. The second-order valence-corrected chi connectivity index (χ2v) is 7.05. The molecule has 0 bridgehead atoms. The van der Waals surface area contributed by atoms with E-state index in [4.69, 9.17) is 4.74 Å². The number of ether oxygens (including phenoxy) is 1. The number of aromatic amines is 1. The fourth-order valence-corrected chi connectivity index (χ4v) is 3.93. The number of hydrogen-bond donors (Lipinski definition) is 2. The van der Waals surface area contributed by atoms with Crippen molar-refractivity contribution in [2.45, 2.75) is 36.1 Å². The molecule has 24 heavy (non-hydrogen) atoms. The average molecular weight is 346 g/mol. The van der Waals surface area contributed by atoms with Gasteiger partial charge in [-0.25, -0.2) is 0 Å². The van der Waals surface area contributed by atoms with Gasteiger partial charge < -0.3 is 10.1 Å². The maximum atomic E-state index is 12.9. The third kappa shape index (κ3) is 3.56. The van der Waals surface area contributed by atoms with E-state index < -0.39 is 5.41 Å². The summed E-state index contributed by atoms with van der Waals surface area (Å²) in [4.78, 5) is 12.9. The van der Waals surface area contributed by atoms with Crippen LogP contribution in [0.15, 0.2) is 35.5 Å². The Morgan fingerprint density at radius 1 is 1.33 bits per heavy atom. The molecule has 6 nitrogen and oxygen atoms in total. The minimum Gasteiger partial charge on any atom is -0.497 e. The number of carbonyl (C=O) groups is 1. The fourth-order valence-electron chi connectivity index (χ4n) is 3.29. The third-order valence-corrected chi connectivity index (χ3v) is 5.47. The number of nitrogens with zero attached hydrogens (tertiary/aromatic N) is 2. The van der Waals surface area contributed by atoms with Crippen LogP contribution in [0.4, 0.5) is 0 Å². The highest BCUT2D eigenvalue weighted by molar-refractivity contribution is 7.99. The predicted octanol–water partition coefficient (Wildman–Crippen LogP) is 2.53. The Labute approximate surface area is 145 Å². The molecule has 1 amide bonds. The van der Waals surface area contributed by atoms with Crippen LogP contribution in [0.2, 0.25) is 0 Å². The maximum Gasteiger partial charge on any atom is 0.230 e. The van der Waals surface area contributed by atoms with Gasteiger partial charge in [-0.3, -0.25) is 4.79 Å². The molecule has 1 saturated carbocycles. The number of rotatable bonds is 7. The normalized spacial score (nSPS) is 16.0. The molecule has 2 aromatic rings. The second kappa shape index (κ2) is 7.70. The van der Waals surface area contributed by atoms with Crippen molar-refractivity contribution >= 4 is 17.7 Å². The fraction of sp³-hybridized carbons (Fsp3) is 0.471. The van der Waals surface area contributed by atoms with E-state index in [-0.39, 0.29) is 5.91 Å². The van der Waals surface area contributed by atoms with Crippen molar-refractivity contribution < 1.29 is 9.53 Å². The van der Waals surface area contributed by atoms with Crippen LogP contribution in [0.25, 0.3) is 0 Å². The monoisotopic (exact) mass is 346 g/mol. The van der Waals surface area contributed by atoms with E-state index in [1.807, 2.05) is 24.3 Å². The van der Waals surface area contributed by atoms with Crippen LogP contribution < -0.4 is 10.1 Å². The van der Waals surface area contributed by atoms with Crippen molar-refractivity contribution in [2.24, 2.45) is 0 Å². The Hall–Kier alpha value is -2.02. The van der Waals surface area contributed by atoms with Crippen LogP contribution in [0.3, 0.4) is 0 Å². The summed E-state index contributed by atoms with van der Waals surface area (Å²) in [6.45, 7) is 0.619. The zero-order valence-electron chi connectivity index (χ0n) is 13.7. The summed E-state index contributed by atoms with van der Waals surface area (Å²) >= 11 is 1.58. The lowest BCUT2D eigenvalue weighted by Crippen LogP contribution is -2.43. The molecule has 0 unspecified atom stereocenters. The van der Waals surface area contributed by atoms with Crippen molar-refractivity contribution in [1.82, 2.24) is 20.7 Å². The van der Waals surface area contributed by atoms with Gasteiger partial charge in [-0.15, -0.1) is 16.9 Å². The number of aromatic nitrogens is 3. The van der Waals surface area contributed by atoms with Gasteiger partial charge in [0.2, 0.25) is 5.91 Å². The van der Waals surface area contributed by atoms with Crippen LogP contribution in [-0.2, 0) is 10.2 Å². The standard InChI is InChI=1S/C17H22N4O2S/c1-23-14-6-4-13(5-7-14)17(8-2-3-9-17)16(22)18-10-11-24-15-12-19-21-20-15/h4-7,12H,2-3,8-11H2,1H3,(H,18,22)(H,19,20,21). The Kier molecular flexibility index (Phi) is 5.40. The quantitative estimate of drug-likeness (QED) is 0.595. The molecule has 0 radical (unpaired) electrons. The molecule has 2 N–H and O–H groups in total. The molecule has 1 heterocycles. The van der Waals surface area contributed by atoms with Crippen molar-refractivity contribution in [3.05, 3.63) is 36.0 Å². The van der Waals surface area contributed by atoms with Gasteiger partial charge in [-0.2, -0.15) is 10.3 Å². The minimum atomic E-state index is -0.398. The molecular weight excluding hydrogens is 324 g/mol. The molecule has 7 heteroatoms. The first-order valence-electron chi connectivity index (χ1n) is 8.16. The highest BCUT2D eigenvalue weighted by Gasteiger charge is 2.42. The Balaban J connectivity index is 1.62. The van der Waals surface area contributed by atoms with Gasteiger partial charge in [-0.1, -0.05) is 25.0 Å². The lowest BCUT2D eigenvalue weighted by molar-refractivity contribution is -0.126. The largest absolute Gasteiger partial charge is 0.497 e. The SMILES string of the molecule is COc1ccc(C2(C(=O)NCCSc3cn[nH]n3)CCCC2)cc1. The van der Waals surface area contributed by atoms with E-state index in [9.17, 15) is 4.79 Å². The van der Waals surface area contributed by atoms with Crippen LogP contribution in [0.5, 0.6) is 5.75 Å². The van der Waals surface area contributed by atoms with Gasteiger partial charge in [0.15, 0.2) is 0 Å². The van der Waals surface area contributed by atoms with E-state index in [1.54, 1.807) is 25.1 Å². The summed E-state index contributed by atoms with van der Waals surface area (Å²) in [7, 11) is 1.65. The first-order valence-corrected chi connectivity index (χ1v) is 9.14. The van der Waals surface area contributed by atoms with E-state index in [2.05, 4.69) is 20.7 Å². The van der Waals surface area contributed by atoms with Gasteiger partial charge in [-0.05, 0) is 30.5 Å². The number of methoxy groups -OCH3 is 1. The molecule has 128 valence electrons. The van der Waals surface area contributed by atoms with Gasteiger partial charge in [0.25, 0.3) is 0 Å². The molecule has 0 saturated heterocycles. The number of carbonyl (C=O) groups excluding carboxylic acids is 1. The number of amides is 1. The first kappa shape index (κ1) is 16.8. The predicted molar refractivity (Wildman–Crippen MR) is 93.3 cm³/mol. The number of hydrogen-bond acceptors (Lipinski definition) is 5. The lowest BCUT2D eigenvalue weighted by atomic mass is 9.78. The summed E-state index contributed by atoms with van der Waals surface area (Å²) in [6.07, 6.45) is 5.67. The van der Waals surface area contributed by atoms with E-state index >= 15 is 0 Å². The molecule has 1 aromatic heterocycles. The van der Waals surface area contributed by atoms with Crippen LogP contribution in [-0.4, -0.2) is 40.7 Å². The van der Waals surface area contributed by atoms with Gasteiger partial charge in [0.1, 0.15) is 10.8 Å². The average Bonchev–Trinajstić information content (AvgIpc) is 3.31. The molecule has 1 aliphatic carbocycles. The molecule has 1 fully saturated rings. The van der Waals surface area contributed by atoms with Crippen LogP contribution in [0, 0.1) is 0 Å². The van der Waals surface area contributed by atoms with Crippen molar-refractivity contribution in [3.8, 4) is 5.75 Å². The number of H-pyrrole nitrogens is 1. The smallest absolute Gasteiger partial charge is 0.230 e. The summed E-state index contributed by atoms with van der Waals surface area (Å²) in [5.74, 6) is 1.72. The second-order valence-electron chi connectivity index (χ2n) is 5.93. The summed E-state index contributed by atoms with van der Waals surface area (Å²) < 4.78 is 5.22. The van der Waals surface area contributed by atoms with Crippen molar-refractivity contribution in [2.75, 3.05) is 19.4 Å². The molecule has 3 rings (SSSR count). The Morgan fingerprint density at radius 3 is 2.71 bits per heavy atom. The molecular formula is C17H22N4O2S. The summed E-state index contributed by atoms with van der Waals surface area (Å²) in [5.41, 5.74) is 0.688. The minimum absolute atomic E-state index is 0.130. The van der Waals surface area contributed by atoms with Gasteiger partial charge in [0, 0.05) is 12.3 Å². The summed E-state index contributed by atoms with van der Waals surface area (Å²) in [6, 6.07) is 7.91. The lowest BCUT2D eigenvalue weighted by Gasteiger charge is -2.28. The van der Waals surface area contributed by atoms with E-state index in [0.29, 0.717) is 6.54 Å². The molecule has 1 aliphatic rings. The Bertz CT molecular complexity index is 652. The molecule has 0 atom stereocenters. The molecule has 0 aliphatic heterocycles. The van der Waals surface area contributed by atoms with Gasteiger partial charge >= 0.3 is 0 Å². The zero-order chi connectivity index (χ0) is 16.8. The van der Waals surface area contributed by atoms with Crippen molar-refractivity contribution in [3.63, 3.8) is 0 Å². The van der Waals surface area contributed by atoms with Crippen LogP contribution >= 0.6 is 11.8 Å². The Morgan fingerprint density at radius 2 is 2.08 bits per heavy atom. The highest BCUT2D eigenvalue weighted by atomic mass is 32.2. The number of benzene rings is 1. The third-order valence-electron chi connectivity index (χ3n) is 4.56. The summed E-state index contributed by atoms with van der Waals surface area (Å²) in [5, 5.41) is 14.3. The van der Waals surface area contributed by atoms with Gasteiger partial charge in [0.05, 0.1) is 18.7 Å². The number of thioether (sulfide) groups is 1. The zero-order valence-corrected chi connectivity index (χ0v) is 14.6. The molecule has 0 spiro atoms. The van der Waals surface area contributed by atoms with E-state index in [1.165, 1.54) is 0 Å². The first-order chi connectivity index (χ1) is 11.7. The maximum absolute atomic E-state index is 12.9.